The molecule has 0 radical (unpaired) electrons. The average Bonchev–Trinajstić information content (AvgIpc) is 3.30. The van der Waals surface area contributed by atoms with Gasteiger partial charge in [-0.25, -0.2) is 4.57 Å². The van der Waals surface area contributed by atoms with E-state index in [1.165, 1.54) is 18.2 Å². The van der Waals surface area contributed by atoms with Gasteiger partial charge in [0.15, 0.2) is 5.76 Å². The zero-order chi connectivity index (χ0) is 23.2. The van der Waals surface area contributed by atoms with Gasteiger partial charge in [0.2, 0.25) is 5.78 Å². The van der Waals surface area contributed by atoms with E-state index < -0.39 is 7.82 Å². The van der Waals surface area contributed by atoms with Crippen molar-refractivity contribution in [3.8, 4) is 28.5 Å². The quantitative estimate of drug-likeness (QED) is 0.284. The van der Waals surface area contributed by atoms with Crippen LogP contribution in [-0.4, -0.2) is 27.7 Å². The van der Waals surface area contributed by atoms with Crippen LogP contribution in [0, 0.1) is 0 Å². The van der Waals surface area contributed by atoms with Crippen molar-refractivity contribution in [2.75, 3.05) is 7.11 Å². The maximum Gasteiger partial charge on any atom is 0.524 e. The Morgan fingerprint density at radius 2 is 1.76 bits per heavy atom. The number of methoxy groups -OCH3 is 1. The summed E-state index contributed by atoms with van der Waals surface area (Å²) in [6.07, 6.45) is 1.66. The second-order valence-electron chi connectivity index (χ2n) is 7.37. The summed E-state index contributed by atoms with van der Waals surface area (Å²) in [6, 6.07) is 19.3. The van der Waals surface area contributed by atoms with Crippen LogP contribution in [-0.2, 0) is 4.57 Å². The van der Waals surface area contributed by atoms with E-state index in [0.717, 1.165) is 27.7 Å². The van der Waals surface area contributed by atoms with Gasteiger partial charge >= 0.3 is 7.82 Å². The molecule has 4 aromatic rings. The van der Waals surface area contributed by atoms with Crippen LogP contribution >= 0.6 is 7.82 Å². The van der Waals surface area contributed by atoms with Gasteiger partial charge in [-0.1, -0.05) is 30.3 Å². The minimum Gasteiger partial charge on any atom is -0.497 e. The predicted octanol–water partition coefficient (Wildman–Crippen LogP) is 4.93. The number of carbonyl (C=O) groups is 1. The van der Waals surface area contributed by atoms with E-state index in [1.807, 2.05) is 48.5 Å². The van der Waals surface area contributed by atoms with Gasteiger partial charge in [0, 0.05) is 22.5 Å². The molecule has 0 saturated carbocycles. The van der Waals surface area contributed by atoms with Crippen LogP contribution in [0.1, 0.15) is 15.9 Å². The van der Waals surface area contributed by atoms with E-state index in [9.17, 15) is 9.36 Å². The lowest BCUT2D eigenvalue weighted by atomic mass is 10.0. The molecule has 9 heteroatoms. The molecule has 0 fully saturated rings. The van der Waals surface area contributed by atoms with Gasteiger partial charge in [-0.05, 0) is 42.0 Å². The molecule has 0 aliphatic carbocycles. The number of fused-ring (bicyclic) bond motifs is 2. The number of ether oxygens (including phenoxy) is 2. The van der Waals surface area contributed by atoms with E-state index in [2.05, 4.69) is 9.51 Å². The molecule has 3 N–H and O–H groups in total. The minimum absolute atomic E-state index is 0.0826. The highest BCUT2D eigenvalue weighted by molar-refractivity contribution is 7.46. The Labute approximate surface area is 188 Å². The van der Waals surface area contributed by atoms with Crippen molar-refractivity contribution >= 4 is 30.6 Å². The number of H-pyrrole nitrogens is 1. The maximum atomic E-state index is 13.0. The fourth-order valence-electron chi connectivity index (χ4n) is 3.79. The molecule has 0 spiro atoms. The minimum atomic E-state index is -4.74. The first-order chi connectivity index (χ1) is 15.8. The average molecular weight is 463 g/mol. The zero-order valence-corrected chi connectivity index (χ0v) is 18.2. The fraction of sp³-hybridized carbons (Fsp3) is 0.0417. The van der Waals surface area contributed by atoms with Crippen molar-refractivity contribution in [1.82, 2.24) is 4.98 Å². The first kappa shape index (κ1) is 21.0. The fourth-order valence-corrected chi connectivity index (χ4v) is 4.18. The third-order valence-corrected chi connectivity index (χ3v) is 5.70. The Kier molecular flexibility index (Phi) is 5.06. The first-order valence-electron chi connectivity index (χ1n) is 9.91. The third-order valence-electron chi connectivity index (χ3n) is 5.25. The Hall–Kier alpha value is -3.84. The number of allylic oxidation sites excluding steroid dienone is 1. The lowest BCUT2D eigenvalue weighted by Gasteiger charge is -2.07. The number of hydrogen-bond donors (Lipinski definition) is 3. The van der Waals surface area contributed by atoms with Crippen LogP contribution in [0.3, 0.4) is 0 Å². The standard InChI is InChI=1S/C24H18NO7P/c1-30-15-8-10-20-18(11-15)19(23(25-20)14-5-3-2-4-6-14)13-22-24(26)17-9-7-16(12-21(17)31-22)32-33(27,28)29/h2-13,25H,1H3,(H2,27,28,29)/b22-13-. The second kappa shape index (κ2) is 7.94. The summed E-state index contributed by atoms with van der Waals surface area (Å²) in [4.78, 5) is 34.5. The van der Waals surface area contributed by atoms with Gasteiger partial charge in [0.1, 0.15) is 17.2 Å². The van der Waals surface area contributed by atoms with Crippen LogP contribution in [0.25, 0.3) is 28.2 Å². The van der Waals surface area contributed by atoms with Crippen molar-refractivity contribution in [2.24, 2.45) is 0 Å². The summed E-state index contributed by atoms with van der Waals surface area (Å²) in [5.74, 6) is 0.471. The number of Topliss-reactive ketones (excluding diaryl/α,β-unsaturated/α-hetero) is 1. The van der Waals surface area contributed by atoms with E-state index in [4.69, 9.17) is 19.3 Å². The topological polar surface area (TPSA) is 118 Å². The van der Waals surface area contributed by atoms with Gasteiger partial charge in [-0.15, -0.1) is 0 Å². The van der Waals surface area contributed by atoms with Crippen molar-refractivity contribution in [2.45, 2.75) is 0 Å². The van der Waals surface area contributed by atoms with Crippen LogP contribution < -0.4 is 14.0 Å². The molecule has 166 valence electrons. The number of aromatic nitrogens is 1. The largest absolute Gasteiger partial charge is 0.524 e. The molecule has 0 saturated heterocycles. The number of ketones is 1. The number of benzene rings is 3. The van der Waals surface area contributed by atoms with Crippen molar-refractivity contribution in [3.63, 3.8) is 0 Å². The Balaban J connectivity index is 1.62. The van der Waals surface area contributed by atoms with Gasteiger partial charge in [-0.2, -0.15) is 0 Å². The van der Waals surface area contributed by atoms with E-state index in [0.29, 0.717) is 5.75 Å². The summed E-state index contributed by atoms with van der Waals surface area (Å²) in [6.45, 7) is 0. The molecule has 5 rings (SSSR count). The second-order valence-corrected chi connectivity index (χ2v) is 8.53. The lowest BCUT2D eigenvalue weighted by molar-refractivity contribution is 0.101. The lowest BCUT2D eigenvalue weighted by Crippen LogP contribution is -1.98. The molecular formula is C24H18NO7P. The summed E-state index contributed by atoms with van der Waals surface area (Å²) in [5.41, 5.74) is 3.63. The van der Waals surface area contributed by atoms with Crippen LogP contribution in [0.2, 0.25) is 0 Å². The SMILES string of the molecule is COc1ccc2[nH]c(-c3ccccc3)c(/C=C3\Oc4cc(OP(=O)(O)O)ccc4C3=O)c2c1. The van der Waals surface area contributed by atoms with E-state index in [-0.39, 0.29) is 28.6 Å². The predicted molar refractivity (Wildman–Crippen MR) is 122 cm³/mol. The summed E-state index contributed by atoms with van der Waals surface area (Å²) < 4.78 is 26.9. The Bertz CT molecular complexity index is 1470. The molecule has 1 aromatic heterocycles. The number of aromatic amines is 1. The van der Waals surface area contributed by atoms with E-state index in [1.54, 1.807) is 13.2 Å². The molecular weight excluding hydrogens is 445 g/mol. The Morgan fingerprint density at radius 1 is 1.00 bits per heavy atom. The molecule has 8 nitrogen and oxygen atoms in total. The highest BCUT2D eigenvalue weighted by Crippen LogP contribution is 2.42. The number of nitrogens with one attached hydrogen (secondary N) is 1. The van der Waals surface area contributed by atoms with E-state index >= 15 is 0 Å². The molecule has 0 atom stereocenters. The van der Waals surface area contributed by atoms with Gasteiger partial charge in [-0.3, -0.25) is 14.6 Å². The number of phosphoric ester groups is 1. The molecule has 1 aliphatic heterocycles. The first-order valence-corrected chi connectivity index (χ1v) is 11.4. The summed E-state index contributed by atoms with van der Waals surface area (Å²) >= 11 is 0. The van der Waals surface area contributed by atoms with Gasteiger partial charge in [0.05, 0.1) is 18.4 Å². The zero-order valence-electron chi connectivity index (χ0n) is 17.3. The number of phosphoric acid groups is 1. The number of hydrogen-bond acceptors (Lipinski definition) is 5. The molecule has 3 aromatic carbocycles. The molecule has 1 aliphatic rings. The maximum absolute atomic E-state index is 13.0. The monoisotopic (exact) mass is 463 g/mol. The van der Waals surface area contributed by atoms with Crippen LogP contribution in [0.15, 0.2) is 72.5 Å². The van der Waals surface area contributed by atoms with Crippen LogP contribution in [0.5, 0.6) is 17.2 Å². The number of carbonyl (C=O) groups excluding carboxylic acids is 1. The number of rotatable bonds is 5. The summed E-state index contributed by atoms with van der Waals surface area (Å²) in [5, 5.41) is 0.846. The molecule has 2 heterocycles. The third kappa shape index (κ3) is 4.03. The van der Waals surface area contributed by atoms with Crippen molar-refractivity contribution in [1.29, 1.82) is 0 Å². The molecule has 0 unspecified atom stereocenters. The smallest absolute Gasteiger partial charge is 0.497 e. The molecule has 0 amide bonds. The Morgan fingerprint density at radius 3 is 2.48 bits per heavy atom. The normalized spacial score (nSPS) is 14.4. The van der Waals surface area contributed by atoms with Crippen LogP contribution in [0.4, 0.5) is 0 Å². The molecule has 33 heavy (non-hydrogen) atoms. The highest BCUT2D eigenvalue weighted by atomic mass is 31.2. The van der Waals surface area contributed by atoms with Gasteiger partial charge in [0.25, 0.3) is 0 Å². The summed E-state index contributed by atoms with van der Waals surface area (Å²) in [7, 11) is -3.15. The van der Waals surface area contributed by atoms with Crippen molar-refractivity contribution < 1.29 is 33.1 Å². The highest BCUT2D eigenvalue weighted by Gasteiger charge is 2.29. The van der Waals surface area contributed by atoms with Gasteiger partial charge < -0.3 is 19.0 Å². The van der Waals surface area contributed by atoms with Crippen molar-refractivity contribution in [3.05, 3.63) is 83.6 Å². The molecule has 0 bridgehead atoms.